The van der Waals surface area contributed by atoms with Gasteiger partial charge in [-0.15, -0.1) is 5.10 Å². The van der Waals surface area contributed by atoms with Crippen LogP contribution in [0.4, 0.5) is 16.3 Å². The molecule has 0 fully saturated rings. The molecule has 0 radical (unpaired) electrons. The summed E-state index contributed by atoms with van der Waals surface area (Å²) in [6.07, 6.45) is 1.64. The molecule has 1 aromatic heterocycles. The highest BCUT2D eigenvalue weighted by molar-refractivity contribution is 5.89. The van der Waals surface area contributed by atoms with E-state index < -0.39 is 0 Å². The second-order valence-corrected chi connectivity index (χ2v) is 8.51. The number of rotatable bonds is 7. The molecule has 35 heavy (non-hydrogen) atoms. The van der Waals surface area contributed by atoms with Crippen molar-refractivity contribution in [2.75, 3.05) is 17.7 Å². The van der Waals surface area contributed by atoms with Crippen molar-refractivity contribution in [3.8, 4) is 5.75 Å². The Kier molecular flexibility index (Phi) is 6.43. The summed E-state index contributed by atoms with van der Waals surface area (Å²) in [4.78, 5) is 17.1. The van der Waals surface area contributed by atoms with E-state index in [0.29, 0.717) is 25.2 Å². The third-order valence-corrected chi connectivity index (χ3v) is 6.20. The molecule has 0 aliphatic carbocycles. The van der Waals surface area contributed by atoms with Crippen LogP contribution in [0, 0.1) is 5.82 Å². The van der Waals surface area contributed by atoms with Gasteiger partial charge >= 0.3 is 0 Å². The quantitative estimate of drug-likeness (QED) is 0.390. The highest BCUT2D eigenvalue weighted by Gasteiger charge is 2.31. The zero-order valence-electron chi connectivity index (χ0n) is 19.3. The number of aryl methyl sites for hydroxylation is 1. The van der Waals surface area contributed by atoms with Gasteiger partial charge < -0.3 is 10.1 Å². The summed E-state index contributed by atoms with van der Waals surface area (Å²) < 4.78 is 20.6. The predicted octanol–water partition coefficient (Wildman–Crippen LogP) is 5.14. The number of hydrogen-bond acceptors (Lipinski definition) is 5. The second-order valence-electron chi connectivity index (χ2n) is 8.51. The third-order valence-electron chi connectivity index (χ3n) is 6.20. The maximum atomic E-state index is 13.6. The average Bonchev–Trinajstić information content (AvgIpc) is 3.30. The van der Waals surface area contributed by atoms with E-state index in [1.807, 2.05) is 54.6 Å². The third kappa shape index (κ3) is 5.16. The van der Waals surface area contributed by atoms with Gasteiger partial charge in [-0.25, -0.2) is 9.07 Å². The number of nitrogens with zero attached hydrogens (tertiary/aromatic N) is 3. The fourth-order valence-electron chi connectivity index (χ4n) is 4.34. The number of halogens is 1. The largest absolute Gasteiger partial charge is 0.497 e. The minimum atomic E-state index is -0.292. The summed E-state index contributed by atoms with van der Waals surface area (Å²) in [5.74, 6) is 1.13. The van der Waals surface area contributed by atoms with Crippen LogP contribution in [-0.2, 0) is 11.2 Å². The molecule has 0 saturated heterocycles. The van der Waals surface area contributed by atoms with E-state index in [1.54, 1.807) is 23.9 Å². The van der Waals surface area contributed by atoms with Gasteiger partial charge in [0.15, 0.2) is 0 Å². The van der Waals surface area contributed by atoms with Gasteiger partial charge in [-0.1, -0.05) is 54.6 Å². The summed E-state index contributed by atoms with van der Waals surface area (Å²) in [6.45, 7) is 0. The summed E-state index contributed by atoms with van der Waals surface area (Å²) in [5, 5.41) is 10.8. The molecule has 0 saturated carbocycles. The van der Waals surface area contributed by atoms with Crippen LogP contribution in [0.2, 0.25) is 0 Å². The van der Waals surface area contributed by atoms with E-state index in [2.05, 4.69) is 20.7 Å². The Morgan fingerprint density at radius 3 is 2.49 bits per heavy atom. The van der Waals surface area contributed by atoms with Gasteiger partial charge in [0.1, 0.15) is 11.6 Å². The number of amides is 1. The highest BCUT2D eigenvalue weighted by Crippen LogP contribution is 2.38. The standard InChI is InChI=1S/C27H26FN5O2/c1-35-22-14-10-19(11-15-22)23-17-24(20-8-12-21(28)13-9-20)33-27(29-23)31-26(32-33)30-25(34)16-7-18-5-3-2-4-6-18/h2-6,8-15,23-24H,7,16-17H2,1H3,(H2,29,30,31,32,34)/t23-,24+/m0/s1. The molecule has 7 nitrogen and oxygen atoms in total. The summed E-state index contributed by atoms with van der Waals surface area (Å²) in [7, 11) is 1.64. The second kappa shape index (κ2) is 9.97. The first kappa shape index (κ1) is 22.6. The summed E-state index contributed by atoms with van der Waals surface area (Å²) in [6, 6.07) is 23.9. The number of carbonyl (C=O) groups excluding carboxylic acids is 1. The molecule has 2 N–H and O–H groups in total. The summed E-state index contributed by atoms with van der Waals surface area (Å²) in [5.41, 5.74) is 3.08. The van der Waals surface area contributed by atoms with Crippen LogP contribution < -0.4 is 15.4 Å². The van der Waals surface area contributed by atoms with E-state index in [1.165, 1.54) is 12.1 Å². The molecule has 0 spiro atoms. The number of methoxy groups -OCH3 is 1. The van der Waals surface area contributed by atoms with E-state index in [9.17, 15) is 9.18 Å². The Hall–Kier alpha value is -4.20. The number of anilines is 2. The lowest BCUT2D eigenvalue weighted by molar-refractivity contribution is -0.116. The topological polar surface area (TPSA) is 81.1 Å². The number of fused-ring (bicyclic) bond motifs is 1. The molecule has 0 unspecified atom stereocenters. The van der Waals surface area contributed by atoms with Gasteiger partial charge in [0, 0.05) is 6.42 Å². The van der Waals surface area contributed by atoms with E-state index in [0.717, 1.165) is 22.4 Å². The minimum absolute atomic E-state index is 0.0470. The summed E-state index contributed by atoms with van der Waals surface area (Å²) >= 11 is 0. The lowest BCUT2D eigenvalue weighted by atomic mass is 9.93. The van der Waals surface area contributed by atoms with Crippen molar-refractivity contribution >= 4 is 17.8 Å². The number of carbonyl (C=O) groups is 1. The van der Waals surface area contributed by atoms with Crippen molar-refractivity contribution in [1.82, 2.24) is 14.8 Å². The smallest absolute Gasteiger partial charge is 0.250 e. The first-order valence-corrected chi connectivity index (χ1v) is 11.6. The van der Waals surface area contributed by atoms with Crippen LogP contribution in [0.3, 0.4) is 0 Å². The molecule has 2 heterocycles. The van der Waals surface area contributed by atoms with Crippen LogP contribution in [0.15, 0.2) is 78.9 Å². The molecule has 0 bridgehead atoms. The molecule has 3 aromatic carbocycles. The van der Waals surface area contributed by atoms with Gasteiger partial charge in [-0.2, -0.15) is 4.98 Å². The number of ether oxygens (including phenoxy) is 1. The zero-order chi connectivity index (χ0) is 24.2. The molecule has 2 atom stereocenters. The van der Waals surface area contributed by atoms with Crippen molar-refractivity contribution < 1.29 is 13.9 Å². The van der Waals surface area contributed by atoms with Gasteiger partial charge in [0.05, 0.1) is 19.2 Å². The Bertz CT molecular complexity index is 1290. The van der Waals surface area contributed by atoms with E-state index in [4.69, 9.17) is 4.74 Å². The van der Waals surface area contributed by atoms with Gasteiger partial charge in [-0.05, 0) is 53.8 Å². The van der Waals surface area contributed by atoms with Gasteiger partial charge in [-0.3, -0.25) is 10.1 Å². The first-order valence-electron chi connectivity index (χ1n) is 11.6. The minimum Gasteiger partial charge on any atom is -0.497 e. The Labute approximate surface area is 203 Å². The van der Waals surface area contributed by atoms with Crippen LogP contribution >= 0.6 is 0 Å². The predicted molar refractivity (Wildman–Crippen MR) is 132 cm³/mol. The fourth-order valence-corrected chi connectivity index (χ4v) is 4.34. The maximum absolute atomic E-state index is 13.6. The normalized spacial score (nSPS) is 16.7. The molecular formula is C27H26FN5O2. The molecular weight excluding hydrogens is 445 g/mol. The SMILES string of the molecule is COc1ccc([C@@H]2C[C@H](c3ccc(F)cc3)n3nc(NC(=O)CCc4ccccc4)nc3N2)cc1. The van der Waals surface area contributed by atoms with Crippen LogP contribution in [0.1, 0.15) is 41.6 Å². The molecule has 1 amide bonds. The van der Waals surface area contributed by atoms with Crippen molar-refractivity contribution in [3.63, 3.8) is 0 Å². The van der Waals surface area contributed by atoms with Gasteiger partial charge in [0.2, 0.25) is 11.9 Å². The van der Waals surface area contributed by atoms with E-state index >= 15 is 0 Å². The number of nitrogens with one attached hydrogen (secondary N) is 2. The van der Waals surface area contributed by atoms with Crippen molar-refractivity contribution in [2.24, 2.45) is 0 Å². The van der Waals surface area contributed by atoms with Gasteiger partial charge in [0.25, 0.3) is 5.95 Å². The van der Waals surface area contributed by atoms with Crippen LogP contribution in [-0.4, -0.2) is 27.8 Å². The molecule has 8 heteroatoms. The first-order chi connectivity index (χ1) is 17.1. The number of aromatic nitrogens is 3. The molecule has 178 valence electrons. The lowest BCUT2D eigenvalue weighted by Gasteiger charge is -2.31. The number of benzene rings is 3. The monoisotopic (exact) mass is 471 g/mol. The van der Waals surface area contributed by atoms with Crippen LogP contribution in [0.5, 0.6) is 5.75 Å². The lowest BCUT2D eigenvalue weighted by Crippen LogP contribution is -2.28. The maximum Gasteiger partial charge on any atom is 0.250 e. The fraction of sp³-hybridized carbons (Fsp3) is 0.222. The van der Waals surface area contributed by atoms with Crippen molar-refractivity contribution in [2.45, 2.75) is 31.3 Å². The van der Waals surface area contributed by atoms with Crippen LogP contribution in [0.25, 0.3) is 0 Å². The molecule has 1 aliphatic heterocycles. The zero-order valence-corrected chi connectivity index (χ0v) is 19.3. The van der Waals surface area contributed by atoms with E-state index in [-0.39, 0.29) is 29.8 Å². The Morgan fingerprint density at radius 1 is 1.06 bits per heavy atom. The van der Waals surface area contributed by atoms with Crippen molar-refractivity contribution in [1.29, 1.82) is 0 Å². The average molecular weight is 472 g/mol. The molecule has 1 aliphatic rings. The number of hydrogen-bond donors (Lipinski definition) is 2. The Morgan fingerprint density at radius 2 is 1.77 bits per heavy atom. The van der Waals surface area contributed by atoms with Crippen molar-refractivity contribution in [3.05, 3.63) is 101 Å². The molecule has 4 aromatic rings. The highest BCUT2D eigenvalue weighted by atomic mass is 19.1. The molecule has 5 rings (SSSR count). The Balaban J connectivity index is 1.38.